The quantitative estimate of drug-likeness (QED) is 0.119. The topological polar surface area (TPSA) is 108 Å². The molecule has 8 nitrogen and oxygen atoms in total. The van der Waals surface area contributed by atoms with Gasteiger partial charge in [0, 0.05) is 39.3 Å². The van der Waals surface area contributed by atoms with Crippen LogP contribution in [0.4, 0.5) is 34.4 Å². The second-order valence-electron chi connectivity index (χ2n) is 14.1. The molecule has 2 saturated carbocycles. The zero-order valence-corrected chi connectivity index (χ0v) is 29.7. The highest BCUT2D eigenvalue weighted by atomic mass is 35.5. The molecule has 4 N–H and O–H groups in total. The van der Waals surface area contributed by atoms with Gasteiger partial charge in [-0.25, -0.2) is 9.97 Å². The number of para-hydroxylation sites is 3. The Morgan fingerprint density at radius 2 is 0.942 bits per heavy atom. The summed E-state index contributed by atoms with van der Waals surface area (Å²) in [6.45, 7) is 0. The van der Waals surface area contributed by atoms with Gasteiger partial charge in [0.1, 0.15) is 11.6 Å². The Morgan fingerprint density at radius 3 is 1.44 bits per heavy atom. The molecule has 2 aromatic heterocycles. The molecule has 2 heterocycles. The second kappa shape index (κ2) is 14.3. The van der Waals surface area contributed by atoms with E-state index >= 15 is 9.59 Å². The largest absolute Gasteiger partial charge is 0.340 e. The van der Waals surface area contributed by atoms with Crippen LogP contribution in [0.5, 0.6) is 0 Å². The molecule has 2 amide bonds. The van der Waals surface area contributed by atoms with Gasteiger partial charge in [0.15, 0.2) is 0 Å². The summed E-state index contributed by atoms with van der Waals surface area (Å²) < 4.78 is 0. The van der Waals surface area contributed by atoms with E-state index in [0.29, 0.717) is 53.7 Å². The van der Waals surface area contributed by atoms with Crippen molar-refractivity contribution < 1.29 is 9.59 Å². The number of hydrogen-bond donors (Lipinski definition) is 4. The Kier molecular flexibility index (Phi) is 9.24. The van der Waals surface area contributed by atoms with Crippen LogP contribution in [0, 0.1) is 10.8 Å². The Labute approximate surface area is 308 Å². The van der Waals surface area contributed by atoms with E-state index in [-0.39, 0.29) is 11.8 Å². The molecule has 0 radical (unpaired) electrons. The third kappa shape index (κ3) is 6.43. The lowest BCUT2D eigenvalue weighted by atomic mass is 9.55. The fourth-order valence-corrected chi connectivity index (χ4v) is 8.63. The first kappa shape index (κ1) is 33.7. The summed E-state index contributed by atoms with van der Waals surface area (Å²) in [5.41, 5.74) is 2.87. The monoisotopic (exact) mass is 708 g/mol. The van der Waals surface area contributed by atoms with E-state index in [2.05, 4.69) is 21.3 Å². The van der Waals surface area contributed by atoms with E-state index in [1.807, 2.05) is 115 Å². The van der Waals surface area contributed by atoms with E-state index < -0.39 is 10.8 Å². The van der Waals surface area contributed by atoms with Crippen LogP contribution in [0.2, 0.25) is 5.02 Å². The van der Waals surface area contributed by atoms with Crippen LogP contribution >= 0.6 is 11.6 Å². The van der Waals surface area contributed by atoms with Crippen LogP contribution in [0.25, 0.3) is 21.8 Å². The minimum Gasteiger partial charge on any atom is -0.340 e. The Hall–Kier alpha value is -5.47. The van der Waals surface area contributed by atoms with E-state index in [1.165, 1.54) is 0 Å². The van der Waals surface area contributed by atoms with Crippen molar-refractivity contribution in [2.24, 2.45) is 10.8 Å². The van der Waals surface area contributed by atoms with E-state index in [9.17, 15) is 0 Å². The summed E-state index contributed by atoms with van der Waals surface area (Å²) in [4.78, 5) is 39.8. The van der Waals surface area contributed by atoms with Crippen LogP contribution in [-0.2, 0) is 9.59 Å². The first-order valence-electron chi connectivity index (χ1n) is 18.2. The van der Waals surface area contributed by atoms with Crippen LogP contribution < -0.4 is 21.3 Å². The predicted molar refractivity (Wildman–Crippen MR) is 212 cm³/mol. The van der Waals surface area contributed by atoms with Crippen LogP contribution in [0.1, 0.15) is 57.8 Å². The van der Waals surface area contributed by atoms with Gasteiger partial charge in [-0.05, 0) is 74.2 Å². The molecule has 2 aliphatic carbocycles. The minimum absolute atomic E-state index is 0.0871. The number of benzene rings is 4. The number of carbonyl (C=O) groups is 2. The number of aromatic nitrogens is 2. The molecule has 2 fully saturated rings. The number of nitrogens with one attached hydrogen (secondary N) is 4. The highest BCUT2D eigenvalue weighted by Gasteiger charge is 2.61. The number of halogens is 1. The first-order valence-corrected chi connectivity index (χ1v) is 18.6. The Balaban J connectivity index is 1.15. The molecular weight excluding hydrogens is 668 g/mol. The summed E-state index contributed by atoms with van der Waals surface area (Å²) in [5.74, 6) is 1.06. The molecule has 4 aromatic carbocycles. The van der Waals surface area contributed by atoms with Gasteiger partial charge in [0.25, 0.3) is 0 Å². The van der Waals surface area contributed by atoms with Gasteiger partial charge >= 0.3 is 0 Å². The molecule has 9 heteroatoms. The fraction of sp³-hybridized carbons (Fsp3) is 0.256. The molecule has 6 aromatic rings. The lowest BCUT2D eigenvalue weighted by molar-refractivity contribution is -0.149. The number of nitrogens with zero attached hydrogens (tertiary/aromatic N) is 2. The number of anilines is 6. The zero-order valence-electron chi connectivity index (χ0n) is 28.9. The van der Waals surface area contributed by atoms with Gasteiger partial charge in [0.2, 0.25) is 11.8 Å². The second-order valence-corrected chi connectivity index (χ2v) is 14.5. The number of carbonyl (C=O) groups excluding carboxylic acids is 2. The Bertz CT molecular complexity index is 2250. The molecule has 0 saturated heterocycles. The van der Waals surface area contributed by atoms with Gasteiger partial charge in [-0.1, -0.05) is 98.3 Å². The molecule has 8 rings (SSSR count). The molecule has 52 heavy (non-hydrogen) atoms. The summed E-state index contributed by atoms with van der Waals surface area (Å²) in [6, 6.07) is 36.8. The normalized spacial score (nSPS) is 16.3. The molecule has 0 spiro atoms. The molecule has 0 aliphatic heterocycles. The van der Waals surface area contributed by atoms with Gasteiger partial charge in [0.05, 0.1) is 33.2 Å². The number of rotatable bonds is 9. The standard InChI is InChI=1S/C43H41ClN6O2/c44-29-19-21-31(22-20-29)46-39-28-37(33-16-6-8-18-35(33)48-39)50-41(52)43(25-11-12-26-43)42(23-9-2-10-24-42)40(51)49-36-27-38(45-30-13-3-1-4-14-30)47-34-17-7-5-15-32(34)36/h1,3-8,13-22,27-28H,2,9-12,23-26H2,(H2,45,47,49,51)(H2,46,48,50,52). The lowest BCUT2D eigenvalue weighted by Crippen LogP contribution is -2.55. The third-order valence-corrected chi connectivity index (χ3v) is 11.3. The van der Waals surface area contributed by atoms with Crippen LogP contribution in [0.15, 0.2) is 115 Å². The predicted octanol–water partition coefficient (Wildman–Crippen LogP) is 11.0. The van der Waals surface area contributed by atoms with Crippen molar-refractivity contribution in [3.63, 3.8) is 0 Å². The maximum absolute atomic E-state index is 15.1. The molecule has 0 bridgehead atoms. The maximum Gasteiger partial charge on any atom is 0.231 e. The highest BCUT2D eigenvalue weighted by Crippen LogP contribution is 2.59. The number of pyridine rings is 2. The summed E-state index contributed by atoms with van der Waals surface area (Å²) in [5, 5.41) is 15.9. The van der Waals surface area contributed by atoms with Crippen molar-refractivity contribution in [1.82, 2.24) is 9.97 Å². The van der Waals surface area contributed by atoms with E-state index in [0.717, 1.165) is 65.3 Å². The molecular formula is C43H41ClN6O2. The summed E-state index contributed by atoms with van der Waals surface area (Å²) >= 11 is 6.13. The summed E-state index contributed by atoms with van der Waals surface area (Å²) in [6.07, 6.45) is 7.26. The van der Waals surface area contributed by atoms with Crippen molar-refractivity contribution in [3.05, 3.63) is 120 Å². The maximum atomic E-state index is 15.1. The van der Waals surface area contributed by atoms with Gasteiger partial charge in [-0.3, -0.25) is 9.59 Å². The van der Waals surface area contributed by atoms with Crippen molar-refractivity contribution in [2.45, 2.75) is 57.8 Å². The highest BCUT2D eigenvalue weighted by molar-refractivity contribution is 6.30. The van der Waals surface area contributed by atoms with Crippen molar-refractivity contribution in [2.75, 3.05) is 21.3 Å². The lowest BCUT2D eigenvalue weighted by Gasteiger charge is -2.48. The molecule has 0 unspecified atom stereocenters. The average molecular weight is 709 g/mol. The van der Waals surface area contributed by atoms with Crippen LogP contribution in [0.3, 0.4) is 0 Å². The van der Waals surface area contributed by atoms with Crippen molar-refractivity contribution in [3.8, 4) is 0 Å². The van der Waals surface area contributed by atoms with Gasteiger partial charge in [-0.15, -0.1) is 0 Å². The third-order valence-electron chi connectivity index (χ3n) is 11.0. The average Bonchev–Trinajstić information content (AvgIpc) is 3.69. The van der Waals surface area contributed by atoms with Gasteiger partial charge in [-0.2, -0.15) is 0 Å². The van der Waals surface area contributed by atoms with E-state index in [1.54, 1.807) is 0 Å². The first-order chi connectivity index (χ1) is 25.4. The van der Waals surface area contributed by atoms with Crippen molar-refractivity contribution >= 4 is 79.6 Å². The molecule has 0 atom stereocenters. The van der Waals surface area contributed by atoms with Gasteiger partial charge < -0.3 is 21.3 Å². The Morgan fingerprint density at radius 1 is 0.519 bits per heavy atom. The minimum atomic E-state index is -0.879. The SMILES string of the molecule is O=C(Nc1cc(Nc2ccccc2)nc2ccccc12)C1(C2(C(=O)Nc3cc(Nc4ccc(Cl)cc4)nc4ccccc34)CCCC2)CCCCC1. The smallest absolute Gasteiger partial charge is 0.231 e. The van der Waals surface area contributed by atoms with Crippen molar-refractivity contribution in [1.29, 1.82) is 0 Å². The molecule has 2 aliphatic rings. The number of fused-ring (bicyclic) bond motifs is 2. The summed E-state index contributed by atoms with van der Waals surface area (Å²) in [7, 11) is 0. The van der Waals surface area contributed by atoms with Crippen LogP contribution in [-0.4, -0.2) is 21.8 Å². The number of amides is 2. The number of hydrogen-bond acceptors (Lipinski definition) is 6. The fourth-order valence-electron chi connectivity index (χ4n) is 8.50. The molecule has 262 valence electrons. The zero-order chi connectivity index (χ0) is 35.5. The van der Waals surface area contributed by atoms with E-state index in [4.69, 9.17) is 21.6 Å².